The molecule has 0 aromatic carbocycles. The van der Waals surface area contributed by atoms with Gasteiger partial charge in [0.2, 0.25) is 11.8 Å². The van der Waals surface area contributed by atoms with Crippen LogP contribution < -0.4 is 16.0 Å². The summed E-state index contributed by atoms with van der Waals surface area (Å²) in [6.07, 6.45) is 1.56. The molecule has 0 saturated heterocycles. The molecule has 0 radical (unpaired) electrons. The largest absolute Gasteiger partial charge is 0.481 e. The highest BCUT2D eigenvalue weighted by Gasteiger charge is 1.93. The molecule has 1 aromatic rings. The van der Waals surface area contributed by atoms with Crippen LogP contribution in [0.25, 0.3) is 0 Å². The third-order valence-corrected chi connectivity index (χ3v) is 0.968. The van der Waals surface area contributed by atoms with E-state index in [1.807, 2.05) is 0 Å². The second-order valence-corrected chi connectivity index (χ2v) is 1.57. The van der Waals surface area contributed by atoms with Gasteiger partial charge in [-0.2, -0.15) is 4.98 Å². The van der Waals surface area contributed by atoms with Gasteiger partial charge in [0.15, 0.2) is 0 Å². The van der Waals surface area contributed by atoms with Crippen LogP contribution in [0.5, 0.6) is 5.88 Å². The Kier molecular flexibility index (Phi) is 2.01. The molecule has 5 heteroatoms. The highest BCUT2D eigenvalue weighted by Crippen LogP contribution is 2.04. The molecule has 10 heavy (non-hydrogen) atoms. The average molecular weight is 140 g/mol. The van der Waals surface area contributed by atoms with E-state index in [9.17, 15) is 0 Å². The van der Waals surface area contributed by atoms with E-state index in [0.717, 1.165) is 0 Å². The van der Waals surface area contributed by atoms with Crippen LogP contribution in [0.2, 0.25) is 0 Å². The fourth-order valence-electron chi connectivity index (χ4n) is 0.525. The van der Waals surface area contributed by atoms with Crippen molar-refractivity contribution in [2.75, 3.05) is 12.5 Å². The van der Waals surface area contributed by atoms with Crippen molar-refractivity contribution in [1.82, 2.24) is 9.97 Å². The SMILES string of the molecule is COc1ccnc(NN)n1. The second-order valence-electron chi connectivity index (χ2n) is 1.57. The van der Waals surface area contributed by atoms with Crippen LogP contribution in [0.1, 0.15) is 0 Å². The van der Waals surface area contributed by atoms with E-state index in [2.05, 4.69) is 15.4 Å². The third-order valence-electron chi connectivity index (χ3n) is 0.968. The Bertz CT molecular complexity index is 195. The summed E-state index contributed by atoms with van der Waals surface area (Å²) in [5.74, 6) is 5.88. The fourth-order valence-corrected chi connectivity index (χ4v) is 0.525. The first-order valence-electron chi connectivity index (χ1n) is 2.70. The molecule has 5 nitrogen and oxygen atoms in total. The number of methoxy groups -OCH3 is 1. The Labute approximate surface area is 58.2 Å². The Morgan fingerprint density at radius 2 is 2.50 bits per heavy atom. The van der Waals surface area contributed by atoms with E-state index in [4.69, 9.17) is 10.6 Å². The molecule has 54 valence electrons. The minimum Gasteiger partial charge on any atom is -0.481 e. The lowest BCUT2D eigenvalue weighted by molar-refractivity contribution is 0.397. The van der Waals surface area contributed by atoms with Crippen LogP contribution in [0.4, 0.5) is 5.95 Å². The average Bonchev–Trinajstić information content (AvgIpc) is 2.05. The van der Waals surface area contributed by atoms with Crippen molar-refractivity contribution in [2.24, 2.45) is 5.84 Å². The molecular weight excluding hydrogens is 132 g/mol. The monoisotopic (exact) mass is 140 g/mol. The number of anilines is 1. The number of hydrogen-bond acceptors (Lipinski definition) is 5. The van der Waals surface area contributed by atoms with Crippen molar-refractivity contribution in [1.29, 1.82) is 0 Å². The molecule has 1 heterocycles. The van der Waals surface area contributed by atoms with Gasteiger partial charge in [0.05, 0.1) is 7.11 Å². The quantitative estimate of drug-likeness (QED) is 0.438. The highest BCUT2D eigenvalue weighted by atomic mass is 16.5. The summed E-state index contributed by atoms with van der Waals surface area (Å²) in [5, 5.41) is 0. The maximum absolute atomic E-state index is 5.04. The summed E-state index contributed by atoms with van der Waals surface area (Å²) >= 11 is 0. The number of nitrogen functional groups attached to an aromatic ring is 1. The Morgan fingerprint density at radius 3 is 3.10 bits per heavy atom. The summed E-state index contributed by atoms with van der Waals surface area (Å²) in [6.45, 7) is 0. The number of nitrogens with two attached hydrogens (primary N) is 1. The first-order chi connectivity index (χ1) is 4.86. The van der Waals surface area contributed by atoms with Crippen molar-refractivity contribution in [2.45, 2.75) is 0 Å². The number of hydrogen-bond donors (Lipinski definition) is 2. The summed E-state index contributed by atoms with van der Waals surface area (Å²) in [7, 11) is 1.53. The molecule has 0 spiro atoms. The van der Waals surface area contributed by atoms with Crippen molar-refractivity contribution in [3.05, 3.63) is 12.3 Å². The lowest BCUT2D eigenvalue weighted by Gasteiger charge is -1.99. The fraction of sp³-hybridized carbons (Fsp3) is 0.200. The molecule has 0 amide bonds. The molecule has 1 rings (SSSR count). The van der Waals surface area contributed by atoms with Gasteiger partial charge in [-0.25, -0.2) is 10.8 Å². The Morgan fingerprint density at radius 1 is 1.70 bits per heavy atom. The Hall–Kier alpha value is -1.36. The highest BCUT2D eigenvalue weighted by molar-refractivity contribution is 5.24. The van der Waals surface area contributed by atoms with Crippen molar-refractivity contribution in [3.63, 3.8) is 0 Å². The minimum atomic E-state index is 0.347. The predicted molar refractivity (Wildman–Crippen MR) is 36.4 cm³/mol. The zero-order valence-electron chi connectivity index (χ0n) is 5.53. The van der Waals surface area contributed by atoms with Crippen LogP contribution >= 0.6 is 0 Å². The summed E-state index contributed by atoms with van der Waals surface area (Å²) < 4.78 is 4.81. The maximum Gasteiger partial charge on any atom is 0.240 e. The van der Waals surface area contributed by atoms with Gasteiger partial charge in [-0.1, -0.05) is 0 Å². The molecular formula is C5H8N4O. The van der Waals surface area contributed by atoms with Crippen LogP contribution in [0, 0.1) is 0 Å². The third kappa shape index (κ3) is 1.32. The summed E-state index contributed by atoms with van der Waals surface area (Å²) in [6, 6.07) is 1.64. The van der Waals surface area contributed by atoms with Crippen LogP contribution in [0.15, 0.2) is 12.3 Å². The number of hydrazine groups is 1. The number of ether oxygens (including phenoxy) is 1. The van der Waals surface area contributed by atoms with E-state index in [1.165, 1.54) is 7.11 Å². The molecule has 0 saturated carbocycles. The molecule has 0 atom stereocenters. The number of aromatic nitrogens is 2. The topological polar surface area (TPSA) is 73.1 Å². The number of nitrogens with one attached hydrogen (secondary N) is 1. The van der Waals surface area contributed by atoms with Crippen molar-refractivity contribution >= 4 is 5.95 Å². The molecule has 0 unspecified atom stereocenters. The van der Waals surface area contributed by atoms with Crippen LogP contribution in [-0.4, -0.2) is 17.1 Å². The van der Waals surface area contributed by atoms with E-state index < -0.39 is 0 Å². The van der Waals surface area contributed by atoms with Gasteiger partial charge in [-0.05, 0) is 0 Å². The van der Waals surface area contributed by atoms with Crippen LogP contribution in [-0.2, 0) is 0 Å². The van der Waals surface area contributed by atoms with E-state index in [1.54, 1.807) is 12.3 Å². The minimum absolute atomic E-state index is 0.347. The molecule has 0 aliphatic rings. The smallest absolute Gasteiger partial charge is 0.240 e. The van der Waals surface area contributed by atoms with E-state index in [0.29, 0.717) is 11.8 Å². The van der Waals surface area contributed by atoms with E-state index >= 15 is 0 Å². The second kappa shape index (κ2) is 2.98. The summed E-state index contributed by atoms with van der Waals surface area (Å²) in [4.78, 5) is 7.62. The molecule has 0 aliphatic carbocycles. The van der Waals surface area contributed by atoms with Gasteiger partial charge in [0, 0.05) is 12.3 Å². The van der Waals surface area contributed by atoms with E-state index in [-0.39, 0.29) is 0 Å². The lowest BCUT2D eigenvalue weighted by atomic mass is 10.6. The predicted octanol–water partition coefficient (Wildman–Crippen LogP) is -0.229. The summed E-state index contributed by atoms with van der Waals surface area (Å²) in [5.41, 5.74) is 2.30. The standard InChI is InChI=1S/C5H8N4O/c1-10-4-2-3-7-5(8-4)9-6/h2-3H,6H2,1H3,(H,7,8,9). The Balaban J connectivity index is 2.87. The van der Waals surface area contributed by atoms with Gasteiger partial charge in [-0.15, -0.1) is 0 Å². The van der Waals surface area contributed by atoms with Gasteiger partial charge < -0.3 is 4.74 Å². The van der Waals surface area contributed by atoms with Gasteiger partial charge >= 0.3 is 0 Å². The first kappa shape index (κ1) is 6.76. The first-order valence-corrected chi connectivity index (χ1v) is 2.70. The van der Waals surface area contributed by atoms with Gasteiger partial charge in [0.25, 0.3) is 0 Å². The number of rotatable bonds is 2. The molecule has 0 fully saturated rings. The zero-order chi connectivity index (χ0) is 7.40. The molecule has 0 bridgehead atoms. The maximum atomic E-state index is 5.04. The van der Waals surface area contributed by atoms with Crippen molar-refractivity contribution < 1.29 is 4.74 Å². The van der Waals surface area contributed by atoms with Gasteiger partial charge in [0.1, 0.15) is 0 Å². The number of nitrogens with zero attached hydrogens (tertiary/aromatic N) is 2. The van der Waals surface area contributed by atoms with Gasteiger partial charge in [-0.3, -0.25) is 5.43 Å². The van der Waals surface area contributed by atoms with Crippen molar-refractivity contribution in [3.8, 4) is 5.88 Å². The zero-order valence-corrected chi connectivity index (χ0v) is 5.53. The molecule has 0 aliphatic heterocycles. The molecule has 1 aromatic heterocycles. The lowest BCUT2D eigenvalue weighted by Crippen LogP contribution is -2.10. The normalized spacial score (nSPS) is 9.00. The van der Waals surface area contributed by atoms with Crippen LogP contribution in [0.3, 0.4) is 0 Å². The molecule has 3 N–H and O–H groups in total.